The molecule has 164 valence electrons. The molecule has 4 atom stereocenters. The van der Waals surface area contributed by atoms with Gasteiger partial charge in [-0.1, -0.05) is 0 Å². The number of anilines is 1. The van der Waals surface area contributed by atoms with Gasteiger partial charge in [-0.3, -0.25) is 14.4 Å². The second kappa shape index (κ2) is 6.66. The summed E-state index contributed by atoms with van der Waals surface area (Å²) >= 11 is 0. The van der Waals surface area contributed by atoms with Crippen LogP contribution in [0.1, 0.15) is 29.3 Å². The van der Waals surface area contributed by atoms with Gasteiger partial charge in [0.25, 0.3) is 0 Å². The van der Waals surface area contributed by atoms with E-state index in [1.54, 1.807) is 25.1 Å². The van der Waals surface area contributed by atoms with Gasteiger partial charge in [-0.05, 0) is 43.4 Å². The van der Waals surface area contributed by atoms with Gasteiger partial charge in [-0.15, -0.1) is 0 Å². The number of nitrogens with two attached hydrogens (primary N) is 1. The van der Waals surface area contributed by atoms with Crippen LogP contribution in [0.5, 0.6) is 5.75 Å². The number of allylic oxidation sites excluding steroid dienone is 1. The molecular weight excluding hydrogens is 404 g/mol. The van der Waals surface area contributed by atoms with Crippen LogP contribution < -0.4 is 10.6 Å². The third kappa shape index (κ3) is 2.60. The Labute approximate surface area is 178 Å². The molecule has 0 aromatic heterocycles. The Balaban J connectivity index is 1.95. The average molecular weight is 428 g/mol. The topological polar surface area (TPSA) is 161 Å². The zero-order valence-electron chi connectivity index (χ0n) is 17.3. The van der Waals surface area contributed by atoms with Crippen LogP contribution in [0.2, 0.25) is 0 Å². The average Bonchev–Trinajstić information content (AvgIpc) is 2.68. The van der Waals surface area contributed by atoms with E-state index in [1.807, 2.05) is 0 Å². The lowest BCUT2D eigenvalue weighted by Gasteiger charge is -2.48. The lowest BCUT2D eigenvalue weighted by molar-refractivity contribution is -0.145. The zero-order chi connectivity index (χ0) is 23.0. The molecule has 31 heavy (non-hydrogen) atoms. The number of hydrogen-bond donors (Lipinski definition) is 5. The quantitative estimate of drug-likeness (QED) is 0.427. The van der Waals surface area contributed by atoms with Crippen LogP contribution in [0, 0.1) is 11.8 Å². The van der Waals surface area contributed by atoms with Crippen molar-refractivity contribution < 1.29 is 34.8 Å². The fourth-order valence-electron chi connectivity index (χ4n) is 5.22. The lowest BCUT2D eigenvalue weighted by atomic mass is 9.58. The van der Waals surface area contributed by atoms with E-state index in [1.165, 1.54) is 6.07 Å². The number of rotatable bonds is 2. The van der Waals surface area contributed by atoms with Crippen molar-refractivity contribution in [2.45, 2.75) is 31.4 Å². The summed E-state index contributed by atoms with van der Waals surface area (Å²) in [7, 11) is 3.59. The van der Waals surface area contributed by atoms with Crippen LogP contribution in [-0.4, -0.2) is 63.5 Å². The number of nitrogens with zero attached hydrogens (tertiary/aromatic N) is 1. The number of ketones is 3. The summed E-state index contributed by atoms with van der Waals surface area (Å²) in [6.07, 6.45) is 0.270. The second-order valence-corrected chi connectivity index (χ2v) is 8.62. The number of phenols is 1. The molecule has 0 saturated carbocycles. The first kappa shape index (κ1) is 21.1. The van der Waals surface area contributed by atoms with Gasteiger partial charge in [0.1, 0.15) is 22.8 Å². The molecule has 3 aliphatic rings. The number of benzene rings is 1. The molecule has 0 spiro atoms. The number of aliphatic hydroxyl groups excluding tert-OH is 2. The Morgan fingerprint density at radius 2 is 1.84 bits per heavy atom. The van der Waals surface area contributed by atoms with Crippen molar-refractivity contribution >= 4 is 23.0 Å². The molecule has 3 unspecified atom stereocenters. The Kier molecular flexibility index (Phi) is 4.53. The minimum atomic E-state index is -2.61. The number of fused-ring (bicyclic) bond motifs is 3. The van der Waals surface area contributed by atoms with Crippen molar-refractivity contribution in [3.63, 3.8) is 0 Å². The van der Waals surface area contributed by atoms with Crippen LogP contribution >= 0.6 is 0 Å². The third-order valence-electron chi connectivity index (χ3n) is 6.70. The Bertz CT molecular complexity index is 1120. The standard InChI is InChI=1S/C22H24N2O7/c1-8(25)14-19(28)17(23)11-7-9-6-10-12(24(2)3)4-5-13(26)16(10)18(27)15(9)21(30)22(11,31)20(14)29/h4-5,9,11,17,26,28,30-31H,6-7,23H2,1-3H3/t9?,11?,17?,22-/m1/s1. The number of Topliss-reactive ketones (excluding diaryl/α,β-unsaturated/α-hetero) is 3. The Hall–Kier alpha value is -3.17. The lowest BCUT2D eigenvalue weighted by Crippen LogP contribution is -2.62. The molecule has 0 aliphatic heterocycles. The minimum absolute atomic E-state index is 0.00351. The van der Waals surface area contributed by atoms with Crippen molar-refractivity contribution in [3.8, 4) is 5.75 Å². The predicted octanol–water partition coefficient (Wildman–Crippen LogP) is 0.687. The third-order valence-corrected chi connectivity index (χ3v) is 6.70. The second-order valence-electron chi connectivity index (χ2n) is 8.62. The van der Waals surface area contributed by atoms with Crippen molar-refractivity contribution in [1.82, 2.24) is 0 Å². The van der Waals surface area contributed by atoms with Crippen LogP contribution in [0.15, 0.2) is 34.8 Å². The molecule has 1 aromatic rings. The highest BCUT2D eigenvalue weighted by Gasteiger charge is 2.62. The first-order valence-electron chi connectivity index (χ1n) is 9.90. The molecule has 0 fully saturated rings. The molecule has 1 aromatic carbocycles. The molecule has 0 amide bonds. The zero-order valence-corrected chi connectivity index (χ0v) is 17.3. The summed E-state index contributed by atoms with van der Waals surface area (Å²) in [6.45, 7) is 1.04. The maximum atomic E-state index is 13.4. The summed E-state index contributed by atoms with van der Waals surface area (Å²) in [5, 5.41) is 43.1. The van der Waals surface area contributed by atoms with Crippen molar-refractivity contribution in [2.75, 3.05) is 19.0 Å². The number of aliphatic hydroxyl groups is 3. The van der Waals surface area contributed by atoms with Gasteiger partial charge in [0.05, 0.1) is 11.6 Å². The van der Waals surface area contributed by atoms with Crippen LogP contribution in [0.25, 0.3) is 0 Å². The van der Waals surface area contributed by atoms with Gasteiger partial charge in [-0.25, -0.2) is 0 Å². The largest absolute Gasteiger partial charge is 0.510 e. The molecule has 4 rings (SSSR count). The normalized spacial score (nSPS) is 30.0. The van der Waals surface area contributed by atoms with Gasteiger partial charge >= 0.3 is 0 Å². The van der Waals surface area contributed by atoms with E-state index in [9.17, 15) is 34.8 Å². The highest BCUT2D eigenvalue weighted by atomic mass is 16.3. The Morgan fingerprint density at radius 1 is 1.19 bits per heavy atom. The molecule has 0 heterocycles. The highest BCUT2D eigenvalue weighted by molar-refractivity contribution is 6.25. The molecule has 0 bridgehead atoms. The van der Waals surface area contributed by atoms with Gasteiger partial charge < -0.3 is 31.1 Å². The van der Waals surface area contributed by atoms with Crippen LogP contribution in [-0.2, 0) is 16.0 Å². The molecule has 6 N–H and O–H groups in total. The van der Waals surface area contributed by atoms with E-state index in [-0.39, 0.29) is 29.7 Å². The molecule has 9 heteroatoms. The highest BCUT2D eigenvalue weighted by Crippen LogP contribution is 2.52. The fourth-order valence-corrected chi connectivity index (χ4v) is 5.22. The maximum Gasteiger partial charge on any atom is 0.209 e. The SMILES string of the molecule is CC(=O)C1=C(O)C(N)C2CC3Cc4c(N(C)C)ccc(O)c4C(=O)C3=C(O)[C@]2(O)C1=O. The summed E-state index contributed by atoms with van der Waals surface area (Å²) in [5.74, 6) is -6.18. The summed E-state index contributed by atoms with van der Waals surface area (Å²) in [6, 6.07) is 1.78. The first-order chi connectivity index (χ1) is 14.4. The summed E-state index contributed by atoms with van der Waals surface area (Å²) in [4.78, 5) is 40.1. The number of phenolic OH excluding ortho intramolecular Hbond substituents is 1. The van der Waals surface area contributed by atoms with E-state index < -0.39 is 57.9 Å². The van der Waals surface area contributed by atoms with E-state index in [2.05, 4.69) is 0 Å². The predicted molar refractivity (Wildman–Crippen MR) is 110 cm³/mol. The van der Waals surface area contributed by atoms with E-state index in [0.717, 1.165) is 6.92 Å². The molecular formula is C22H24N2O7. The number of hydrogen-bond acceptors (Lipinski definition) is 9. The van der Waals surface area contributed by atoms with Crippen LogP contribution in [0.4, 0.5) is 5.69 Å². The fraction of sp³-hybridized carbons (Fsp3) is 0.409. The number of aromatic hydroxyl groups is 1. The maximum absolute atomic E-state index is 13.4. The number of carbonyl (C=O) groups is 3. The molecule has 9 nitrogen and oxygen atoms in total. The van der Waals surface area contributed by atoms with E-state index in [0.29, 0.717) is 11.3 Å². The van der Waals surface area contributed by atoms with Crippen LogP contribution in [0.3, 0.4) is 0 Å². The molecule has 3 aliphatic carbocycles. The van der Waals surface area contributed by atoms with Gasteiger partial charge in [0.15, 0.2) is 17.2 Å². The van der Waals surface area contributed by atoms with E-state index >= 15 is 0 Å². The monoisotopic (exact) mass is 428 g/mol. The van der Waals surface area contributed by atoms with Gasteiger partial charge in [-0.2, -0.15) is 0 Å². The summed E-state index contributed by atoms with van der Waals surface area (Å²) < 4.78 is 0. The smallest absolute Gasteiger partial charge is 0.209 e. The first-order valence-corrected chi connectivity index (χ1v) is 9.90. The van der Waals surface area contributed by atoms with Gasteiger partial charge in [0.2, 0.25) is 5.78 Å². The summed E-state index contributed by atoms with van der Waals surface area (Å²) in [5.41, 5.74) is 3.92. The van der Waals surface area contributed by atoms with Crippen molar-refractivity contribution in [1.29, 1.82) is 0 Å². The molecule has 0 radical (unpaired) electrons. The number of carbonyl (C=O) groups excluding carboxylic acids is 3. The van der Waals surface area contributed by atoms with Crippen molar-refractivity contribution in [2.24, 2.45) is 17.6 Å². The van der Waals surface area contributed by atoms with Gasteiger partial charge in [0, 0.05) is 31.3 Å². The van der Waals surface area contributed by atoms with Crippen molar-refractivity contribution in [3.05, 3.63) is 45.9 Å². The Morgan fingerprint density at radius 3 is 2.42 bits per heavy atom. The van der Waals surface area contributed by atoms with E-state index in [4.69, 9.17) is 5.73 Å². The molecule has 0 saturated heterocycles. The minimum Gasteiger partial charge on any atom is -0.510 e.